The standard InChI is InChI=1S/C75H78N6O9/c82-73(76-37-13-43-85-64-34-31-55-19-1-4-22-58(55)52-64)79-40-16-46-88-70-28-10-7-25-67(70)61-49-62(68-26-8-11-29-71(68)89-47-17-41-80-74(83)77-38-14-44-86-65-35-32-56-20-2-5-23-59(56)53-65)51-63(50-61)69-27-9-12-30-72(69)90-48-18-42-81-75(84)78-39-15-45-87-66-36-33-57-21-3-6-24-60(57)54-66/h1-12,19-36,49-54H,13-18,37-48H2,(H2,76,79,82)(H2,77,80,83)(H2,78,81,84). The summed E-state index contributed by atoms with van der Waals surface area (Å²) in [4.78, 5) is 38.1. The summed E-state index contributed by atoms with van der Waals surface area (Å²) in [5.41, 5.74) is 5.40. The number of hydrogen-bond acceptors (Lipinski definition) is 9. The number of amides is 6. The van der Waals surface area contributed by atoms with Gasteiger partial charge in [0.25, 0.3) is 0 Å². The van der Waals surface area contributed by atoms with Crippen LogP contribution in [0.15, 0.2) is 218 Å². The van der Waals surface area contributed by atoms with Gasteiger partial charge in [0, 0.05) is 56.0 Å². The summed E-state index contributed by atoms with van der Waals surface area (Å²) in [6.07, 6.45) is 3.74. The van der Waals surface area contributed by atoms with E-state index in [1.807, 2.05) is 164 Å². The predicted octanol–water partition coefficient (Wildman–Crippen LogP) is 14.8. The van der Waals surface area contributed by atoms with Crippen molar-refractivity contribution in [3.8, 4) is 67.9 Å². The Morgan fingerprint density at radius 1 is 0.244 bits per heavy atom. The molecule has 90 heavy (non-hydrogen) atoms. The molecule has 0 aromatic heterocycles. The highest BCUT2D eigenvalue weighted by atomic mass is 16.5. The SMILES string of the molecule is O=C(NCCCOc1ccc2ccccc2c1)NCCCOc1ccccc1-c1cc(-c2ccccc2OCCCNC(=O)NCCCOc2ccc3ccccc3c2)cc(-c2ccccc2OCCCNC(=O)NCCCOc2ccc3ccccc3c2)c1. The summed E-state index contributed by atoms with van der Waals surface area (Å²) in [5.74, 6) is 4.50. The number of nitrogens with one attached hydrogen (secondary N) is 6. The molecule has 10 rings (SSSR count). The zero-order valence-corrected chi connectivity index (χ0v) is 50.7. The van der Waals surface area contributed by atoms with Gasteiger partial charge >= 0.3 is 18.1 Å². The van der Waals surface area contributed by atoms with Crippen molar-refractivity contribution in [2.75, 3.05) is 78.9 Å². The Morgan fingerprint density at radius 3 is 0.756 bits per heavy atom. The van der Waals surface area contributed by atoms with Crippen LogP contribution in [0, 0.1) is 0 Å². The molecule has 0 saturated carbocycles. The largest absolute Gasteiger partial charge is 0.494 e. The van der Waals surface area contributed by atoms with Crippen LogP contribution in [0.2, 0.25) is 0 Å². The highest BCUT2D eigenvalue weighted by Crippen LogP contribution is 2.41. The van der Waals surface area contributed by atoms with Crippen molar-refractivity contribution in [1.29, 1.82) is 0 Å². The molecular formula is C75H78N6O9. The van der Waals surface area contributed by atoms with Gasteiger partial charge in [0.1, 0.15) is 34.5 Å². The van der Waals surface area contributed by atoms with Gasteiger partial charge < -0.3 is 60.3 Å². The molecule has 10 aromatic rings. The highest BCUT2D eigenvalue weighted by molar-refractivity contribution is 5.88. The molecule has 0 aliphatic carbocycles. The molecule has 0 atom stereocenters. The van der Waals surface area contributed by atoms with Gasteiger partial charge in [0.05, 0.1) is 39.6 Å². The van der Waals surface area contributed by atoms with Crippen LogP contribution in [0.1, 0.15) is 38.5 Å². The van der Waals surface area contributed by atoms with Gasteiger partial charge in [-0.1, -0.05) is 146 Å². The summed E-state index contributed by atoms with van der Waals surface area (Å²) in [6, 6.07) is 72.2. The van der Waals surface area contributed by atoms with Crippen molar-refractivity contribution in [2.24, 2.45) is 0 Å². The maximum absolute atomic E-state index is 12.7. The molecule has 0 saturated heterocycles. The lowest BCUT2D eigenvalue weighted by Crippen LogP contribution is -2.37. The Bertz CT molecular complexity index is 3540. The first-order valence-corrected chi connectivity index (χ1v) is 31.1. The number of fused-ring (bicyclic) bond motifs is 3. The lowest BCUT2D eigenvalue weighted by Gasteiger charge is -2.18. The van der Waals surface area contributed by atoms with Crippen LogP contribution in [-0.2, 0) is 0 Å². The fourth-order valence-corrected chi connectivity index (χ4v) is 10.3. The summed E-state index contributed by atoms with van der Waals surface area (Å²) in [6.45, 7) is 5.27. The van der Waals surface area contributed by atoms with Crippen LogP contribution < -0.4 is 60.3 Å². The molecule has 0 heterocycles. The molecule has 10 aromatic carbocycles. The maximum Gasteiger partial charge on any atom is 0.314 e. The second kappa shape index (κ2) is 33.6. The molecule has 15 nitrogen and oxygen atoms in total. The molecule has 0 unspecified atom stereocenters. The van der Waals surface area contributed by atoms with Crippen LogP contribution in [0.4, 0.5) is 14.4 Å². The molecule has 0 aliphatic heterocycles. The number of ether oxygens (including phenoxy) is 6. The monoisotopic (exact) mass is 1210 g/mol. The highest BCUT2D eigenvalue weighted by Gasteiger charge is 2.17. The average molecular weight is 1210 g/mol. The lowest BCUT2D eigenvalue weighted by molar-refractivity contribution is 0.236. The molecular weight excluding hydrogens is 1130 g/mol. The molecule has 6 amide bonds. The van der Waals surface area contributed by atoms with Gasteiger partial charge in [-0.25, -0.2) is 14.4 Å². The van der Waals surface area contributed by atoms with Crippen LogP contribution in [0.5, 0.6) is 34.5 Å². The number of carbonyl (C=O) groups is 3. The molecule has 0 spiro atoms. The van der Waals surface area contributed by atoms with Crippen molar-refractivity contribution in [2.45, 2.75) is 38.5 Å². The van der Waals surface area contributed by atoms with Crippen molar-refractivity contribution in [3.05, 3.63) is 218 Å². The van der Waals surface area contributed by atoms with E-state index in [0.717, 1.165) is 82.9 Å². The van der Waals surface area contributed by atoms with Crippen LogP contribution in [-0.4, -0.2) is 97.0 Å². The number of rotatable bonds is 33. The number of para-hydroxylation sites is 3. The van der Waals surface area contributed by atoms with Gasteiger partial charge in [0.2, 0.25) is 0 Å². The smallest absolute Gasteiger partial charge is 0.314 e. The van der Waals surface area contributed by atoms with Crippen LogP contribution in [0.3, 0.4) is 0 Å². The zero-order chi connectivity index (χ0) is 61.8. The van der Waals surface area contributed by atoms with E-state index in [9.17, 15) is 14.4 Å². The molecule has 6 N–H and O–H groups in total. The zero-order valence-electron chi connectivity index (χ0n) is 50.7. The second-order valence-corrected chi connectivity index (χ2v) is 21.6. The minimum Gasteiger partial charge on any atom is -0.494 e. The normalized spacial score (nSPS) is 10.9. The Balaban J connectivity index is 0.725. The summed E-state index contributed by atoms with van der Waals surface area (Å²) in [5, 5.41) is 24.5. The molecule has 462 valence electrons. The third-order valence-corrected chi connectivity index (χ3v) is 14.9. The van der Waals surface area contributed by atoms with E-state index < -0.39 is 0 Å². The first kappa shape index (κ1) is 62.6. The lowest BCUT2D eigenvalue weighted by atomic mass is 9.92. The fraction of sp³-hybridized carbons (Fsp3) is 0.240. The molecule has 0 radical (unpaired) electrons. The molecule has 0 fully saturated rings. The van der Waals surface area contributed by atoms with E-state index in [1.165, 1.54) is 0 Å². The Labute approximate surface area is 526 Å². The predicted molar refractivity (Wildman–Crippen MR) is 359 cm³/mol. The van der Waals surface area contributed by atoms with E-state index in [-0.39, 0.29) is 18.1 Å². The first-order valence-electron chi connectivity index (χ1n) is 31.1. The minimum atomic E-state index is -0.240. The van der Waals surface area contributed by atoms with Crippen LogP contribution in [0.25, 0.3) is 65.7 Å². The number of benzene rings is 10. The van der Waals surface area contributed by atoms with E-state index in [1.54, 1.807) is 0 Å². The number of carbonyl (C=O) groups excluding carboxylic acids is 3. The van der Waals surface area contributed by atoms with Gasteiger partial charge in [-0.05, 0) is 160 Å². The summed E-state index contributed by atoms with van der Waals surface area (Å²) < 4.78 is 37.3. The van der Waals surface area contributed by atoms with E-state index in [4.69, 9.17) is 28.4 Å². The molecule has 0 aliphatic rings. The third kappa shape index (κ3) is 19.0. The van der Waals surface area contributed by atoms with Crippen LogP contribution >= 0.6 is 0 Å². The molecule has 15 heteroatoms. The topological polar surface area (TPSA) is 179 Å². The van der Waals surface area contributed by atoms with E-state index in [0.29, 0.717) is 135 Å². The average Bonchev–Trinajstić information content (AvgIpc) is 2.67. The maximum atomic E-state index is 12.7. The Kier molecular flexibility index (Phi) is 23.4. The van der Waals surface area contributed by atoms with Gasteiger partial charge in [0.15, 0.2) is 0 Å². The summed E-state index contributed by atoms with van der Waals surface area (Å²) in [7, 11) is 0. The Morgan fingerprint density at radius 2 is 0.478 bits per heavy atom. The fourth-order valence-electron chi connectivity index (χ4n) is 10.3. The van der Waals surface area contributed by atoms with Crippen molar-refractivity contribution >= 4 is 50.4 Å². The van der Waals surface area contributed by atoms with Gasteiger partial charge in [-0.15, -0.1) is 0 Å². The van der Waals surface area contributed by atoms with Gasteiger partial charge in [-0.3, -0.25) is 0 Å². The third-order valence-electron chi connectivity index (χ3n) is 14.9. The quantitative estimate of drug-likeness (QED) is 0.0218. The Hall–Kier alpha value is -10.4. The number of hydrogen-bond donors (Lipinski definition) is 6. The molecule has 0 bridgehead atoms. The number of urea groups is 3. The summed E-state index contributed by atoms with van der Waals surface area (Å²) >= 11 is 0. The van der Waals surface area contributed by atoms with Crippen molar-refractivity contribution in [3.63, 3.8) is 0 Å². The van der Waals surface area contributed by atoms with E-state index in [2.05, 4.69) is 86.5 Å². The van der Waals surface area contributed by atoms with Crippen molar-refractivity contribution in [1.82, 2.24) is 31.9 Å². The second-order valence-electron chi connectivity index (χ2n) is 21.6. The minimum absolute atomic E-state index is 0.240. The van der Waals surface area contributed by atoms with Crippen molar-refractivity contribution < 1.29 is 42.8 Å². The van der Waals surface area contributed by atoms with Gasteiger partial charge in [-0.2, -0.15) is 0 Å². The van der Waals surface area contributed by atoms with E-state index >= 15 is 0 Å². The first-order chi connectivity index (χ1) is 44.4.